The number of rotatable bonds is 3. The molecule has 3 aromatic heterocycles. The van der Waals surface area contributed by atoms with Crippen molar-refractivity contribution in [3.8, 4) is 0 Å². The Morgan fingerprint density at radius 3 is 2.75 bits per heavy atom. The molecule has 0 spiro atoms. The number of carbonyl (C=O) groups is 1. The van der Waals surface area contributed by atoms with Crippen molar-refractivity contribution in [3.05, 3.63) is 46.5 Å². The van der Waals surface area contributed by atoms with E-state index in [2.05, 4.69) is 20.2 Å². The number of aryl methyl sites for hydroxylation is 2. The van der Waals surface area contributed by atoms with Gasteiger partial charge >= 0.3 is 0 Å². The number of H-pyrrole nitrogens is 2. The molecule has 0 atom stereocenters. The van der Waals surface area contributed by atoms with Gasteiger partial charge in [0.25, 0.3) is 0 Å². The van der Waals surface area contributed by atoms with Gasteiger partial charge in [-0.15, -0.1) is 0 Å². The van der Waals surface area contributed by atoms with Crippen LogP contribution >= 0.6 is 0 Å². The number of ketones is 1. The normalized spacial score (nSPS) is 11.2. The minimum atomic E-state index is 0.0141. The monoisotopic (exact) mass is 268 g/mol. The molecule has 3 rings (SSSR count). The van der Waals surface area contributed by atoms with Crippen molar-refractivity contribution in [2.45, 2.75) is 27.2 Å². The van der Waals surface area contributed by atoms with Crippen LogP contribution in [0.4, 0.5) is 0 Å². The molecule has 0 fully saturated rings. The van der Waals surface area contributed by atoms with Gasteiger partial charge in [-0.3, -0.25) is 9.89 Å². The molecule has 102 valence electrons. The van der Waals surface area contributed by atoms with Gasteiger partial charge in [-0.25, -0.2) is 4.98 Å². The van der Waals surface area contributed by atoms with Crippen molar-refractivity contribution in [3.63, 3.8) is 0 Å². The Morgan fingerprint density at radius 2 is 2.05 bits per heavy atom. The van der Waals surface area contributed by atoms with Crippen LogP contribution < -0.4 is 0 Å². The van der Waals surface area contributed by atoms with Crippen molar-refractivity contribution in [2.75, 3.05) is 0 Å². The van der Waals surface area contributed by atoms with Gasteiger partial charge in [-0.1, -0.05) is 0 Å². The van der Waals surface area contributed by atoms with Crippen molar-refractivity contribution in [1.29, 1.82) is 0 Å². The largest absolute Gasteiger partial charge is 0.344 e. The maximum atomic E-state index is 12.3. The average molecular weight is 268 g/mol. The summed E-state index contributed by atoms with van der Waals surface area (Å²) in [7, 11) is 0. The lowest BCUT2D eigenvalue weighted by molar-refractivity contribution is 0.0987. The van der Waals surface area contributed by atoms with Crippen LogP contribution in [0.1, 0.15) is 33.0 Å². The summed E-state index contributed by atoms with van der Waals surface area (Å²) >= 11 is 0. The molecule has 2 N–H and O–H groups in total. The Balaban J connectivity index is 1.88. The molecule has 20 heavy (non-hydrogen) atoms. The van der Waals surface area contributed by atoms with Gasteiger partial charge < -0.3 is 4.98 Å². The highest BCUT2D eigenvalue weighted by molar-refractivity contribution is 5.97. The lowest BCUT2D eigenvalue weighted by atomic mass is 10.1. The molecule has 3 aromatic rings. The van der Waals surface area contributed by atoms with Gasteiger partial charge in [0.05, 0.1) is 0 Å². The van der Waals surface area contributed by atoms with Crippen LogP contribution in [0.25, 0.3) is 11.0 Å². The number of nitrogens with zero attached hydrogens (tertiary/aromatic N) is 2. The Hall–Kier alpha value is -2.43. The molecule has 0 radical (unpaired) electrons. The molecule has 0 saturated carbocycles. The topological polar surface area (TPSA) is 74.4 Å². The highest BCUT2D eigenvalue weighted by Crippen LogP contribution is 2.17. The number of Topliss-reactive ketones (excluding diaryl/α,β-unsaturated/α-hetero) is 1. The summed E-state index contributed by atoms with van der Waals surface area (Å²) in [6.07, 6.45) is 2.06. The highest BCUT2D eigenvalue weighted by atomic mass is 16.1. The summed E-state index contributed by atoms with van der Waals surface area (Å²) in [6.45, 7) is 5.81. The van der Waals surface area contributed by atoms with E-state index in [9.17, 15) is 4.79 Å². The predicted octanol–water partition coefficient (Wildman–Crippen LogP) is 2.64. The van der Waals surface area contributed by atoms with E-state index < -0.39 is 0 Å². The number of aromatic nitrogens is 4. The van der Waals surface area contributed by atoms with Crippen LogP contribution in [0.15, 0.2) is 18.3 Å². The third kappa shape index (κ3) is 2.11. The summed E-state index contributed by atoms with van der Waals surface area (Å²) < 4.78 is 0. The highest BCUT2D eigenvalue weighted by Gasteiger charge is 2.15. The minimum Gasteiger partial charge on any atom is -0.344 e. The van der Waals surface area contributed by atoms with Gasteiger partial charge in [-0.2, -0.15) is 5.10 Å². The van der Waals surface area contributed by atoms with E-state index in [1.54, 1.807) is 6.20 Å². The fraction of sp³-hybridized carbons (Fsp3) is 0.267. The second-order valence-electron chi connectivity index (χ2n) is 5.16. The molecular weight excluding hydrogens is 252 g/mol. The second-order valence-corrected chi connectivity index (χ2v) is 5.16. The SMILES string of the molecule is Cc1cc2cc(CC(=O)c3n[nH]c(C)c3C)cnc2[nH]1. The molecule has 0 amide bonds. The Bertz CT molecular complexity index is 797. The van der Waals surface area contributed by atoms with E-state index in [1.807, 2.05) is 32.9 Å². The van der Waals surface area contributed by atoms with Crippen LogP contribution in [0.5, 0.6) is 0 Å². The van der Waals surface area contributed by atoms with E-state index in [1.165, 1.54) is 0 Å². The first-order valence-electron chi connectivity index (χ1n) is 6.53. The molecule has 3 heterocycles. The van der Waals surface area contributed by atoms with Crippen LogP contribution in [0.2, 0.25) is 0 Å². The summed E-state index contributed by atoms with van der Waals surface area (Å²) in [5.41, 5.74) is 5.19. The predicted molar refractivity (Wildman–Crippen MR) is 76.9 cm³/mol. The summed E-state index contributed by atoms with van der Waals surface area (Å²) in [6, 6.07) is 4.03. The lowest BCUT2D eigenvalue weighted by Crippen LogP contribution is -2.06. The molecule has 0 aliphatic heterocycles. The number of hydrogen-bond donors (Lipinski definition) is 2. The lowest BCUT2D eigenvalue weighted by Gasteiger charge is -2.00. The van der Waals surface area contributed by atoms with Crippen molar-refractivity contribution >= 4 is 16.8 Å². The minimum absolute atomic E-state index is 0.0141. The fourth-order valence-corrected chi connectivity index (χ4v) is 2.32. The quantitative estimate of drug-likeness (QED) is 0.717. The average Bonchev–Trinajstić information content (AvgIpc) is 2.92. The van der Waals surface area contributed by atoms with E-state index in [0.717, 1.165) is 33.5 Å². The standard InChI is InChI=1S/C15H16N4O/c1-8-4-12-5-11(7-16-15(12)17-8)6-13(20)14-9(2)10(3)18-19-14/h4-5,7H,6H2,1-3H3,(H,16,17)(H,18,19). The van der Waals surface area contributed by atoms with E-state index in [4.69, 9.17) is 0 Å². The number of hydrogen-bond acceptors (Lipinski definition) is 3. The maximum absolute atomic E-state index is 12.3. The smallest absolute Gasteiger partial charge is 0.187 e. The number of fused-ring (bicyclic) bond motifs is 1. The first-order valence-corrected chi connectivity index (χ1v) is 6.53. The van der Waals surface area contributed by atoms with Gasteiger partial charge in [0.1, 0.15) is 11.3 Å². The van der Waals surface area contributed by atoms with Crippen molar-refractivity contribution in [1.82, 2.24) is 20.2 Å². The number of pyridine rings is 1. The zero-order valence-corrected chi connectivity index (χ0v) is 11.7. The fourth-order valence-electron chi connectivity index (χ4n) is 2.32. The molecule has 0 aliphatic rings. The van der Waals surface area contributed by atoms with Crippen LogP contribution in [-0.2, 0) is 6.42 Å². The molecule has 0 aromatic carbocycles. The van der Waals surface area contributed by atoms with Crippen LogP contribution in [0.3, 0.4) is 0 Å². The number of aromatic amines is 2. The van der Waals surface area contributed by atoms with E-state index in [0.29, 0.717) is 12.1 Å². The van der Waals surface area contributed by atoms with Crippen molar-refractivity contribution in [2.24, 2.45) is 0 Å². The van der Waals surface area contributed by atoms with Crippen LogP contribution in [-0.4, -0.2) is 25.9 Å². The van der Waals surface area contributed by atoms with Crippen LogP contribution in [0, 0.1) is 20.8 Å². The van der Waals surface area contributed by atoms with E-state index in [-0.39, 0.29) is 5.78 Å². The van der Waals surface area contributed by atoms with Gasteiger partial charge in [0, 0.05) is 35.0 Å². The Labute approximate surface area is 116 Å². The third-order valence-corrected chi connectivity index (χ3v) is 3.54. The molecule has 0 unspecified atom stereocenters. The molecular formula is C15H16N4O. The van der Waals surface area contributed by atoms with Gasteiger partial charge in [0.2, 0.25) is 0 Å². The first kappa shape index (κ1) is 12.6. The van der Waals surface area contributed by atoms with E-state index >= 15 is 0 Å². The van der Waals surface area contributed by atoms with Gasteiger partial charge in [-0.05, 0) is 38.5 Å². The molecule has 5 heteroatoms. The molecule has 0 saturated heterocycles. The second kappa shape index (κ2) is 4.59. The van der Waals surface area contributed by atoms with Gasteiger partial charge in [0.15, 0.2) is 5.78 Å². The maximum Gasteiger partial charge on any atom is 0.187 e. The molecule has 0 bridgehead atoms. The molecule has 0 aliphatic carbocycles. The number of carbonyl (C=O) groups excluding carboxylic acids is 1. The summed E-state index contributed by atoms with van der Waals surface area (Å²) in [5.74, 6) is 0.0141. The summed E-state index contributed by atoms with van der Waals surface area (Å²) in [4.78, 5) is 19.8. The third-order valence-electron chi connectivity index (χ3n) is 3.54. The molecule has 5 nitrogen and oxygen atoms in total. The first-order chi connectivity index (χ1) is 9.54. The Kier molecular flexibility index (Phi) is 2.89. The zero-order chi connectivity index (χ0) is 14.3. The number of nitrogens with one attached hydrogen (secondary N) is 2. The Morgan fingerprint density at radius 1 is 1.25 bits per heavy atom. The van der Waals surface area contributed by atoms with Crippen molar-refractivity contribution < 1.29 is 4.79 Å². The summed E-state index contributed by atoms with van der Waals surface area (Å²) in [5, 5.41) is 7.95. The zero-order valence-electron chi connectivity index (χ0n) is 11.7.